The van der Waals surface area contributed by atoms with Crippen molar-refractivity contribution in [2.24, 2.45) is 11.3 Å². The lowest BCUT2D eigenvalue weighted by atomic mass is 9.79. The summed E-state index contributed by atoms with van der Waals surface area (Å²) in [5.41, 5.74) is 1.97. The standard InChI is InChI=1S/C16H22ClNO2/c1-10(16(2,3)4)7-12(17)11-5-6-14-13(8-11)18-15(19)9-20-14/h5-6,8,10,12H,7,9H2,1-4H3,(H,18,19). The largest absolute Gasteiger partial charge is 0.482 e. The summed E-state index contributed by atoms with van der Waals surface area (Å²) in [5.74, 6) is 1.09. The summed E-state index contributed by atoms with van der Waals surface area (Å²) in [6.07, 6.45) is 0.901. The highest BCUT2D eigenvalue weighted by Gasteiger charge is 2.24. The van der Waals surface area contributed by atoms with Crippen LogP contribution < -0.4 is 10.1 Å². The lowest BCUT2D eigenvalue weighted by Crippen LogP contribution is -2.25. The molecular weight excluding hydrogens is 274 g/mol. The van der Waals surface area contributed by atoms with Crippen LogP contribution in [0.1, 0.15) is 45.1 Å². The van der Waals surface area contributed by atoms with Crippen LogP contribution in [0.15, 0.2) is 18.2 Å². The van der Waals surface area contributed by atoms with Crippen molar-refractivity contribution in [1.29, 1.82) is 0 Å². The molecule has 0 bridgehead atoms. The molecule has 110 valence electrons. The third-order valence-corrected chi connectivity index (χ3v) is 4.47. The highest BCUT2D eigenvalue weighted by molar-refractivity contribution is 6.20. The van der Waals surface area contributed by atoms with Crippen molar-refractivity contribution < 1.29 is 9.53 Å². The quantitative estimate of drug-likeness (QED) is 0.841. The fourth-order valence-electron chi connectivity index (χ4n) is 2.10. The predicted octanol–water partition coefficient (Wildman–Crippen LogP) is 4.37. The van der Waals surface area contributed by atoms with E-state index in [-0.39, 0.29) is 23.3 Å². The molecule has 20 heavy (non-hydrogen) atoms. The molecule has 1 heterocycles. The van der Waals surface area contributed by atoms with Crippen LogP contribution in [0.4, 0.5) is 5.69 Å². The molecule has 2 atom stereocenters. The first-order valence-electron chi connectivity index (χ1n) is 6.98. The minimum absolute atomic E-state index is 0.0617. The summed E-state index contributed by atoms with van der Waals surface area (Å²) in [6.45, 7) is 8.98. The van der Waals surface area contributed by atoms with Gasteiger partial charge in [0.25, 0.3) is 5.91 Å². The van der Waals surface area contributed by atoms with Crippen molar-refractivity contribution in [1.82, 2.24) is 0 Å². The van der Waals surface area contributed by atoms with Crippen LogP contribution in [-0.2, 0) is 4.79 Å². The van der Waals surface area contributed by atoms with Gasteiger partial charge in [-0.1, -0.05) is 33.8 Å². The first-order chi connectivity index (χ1) is 9.27. The number of fused-ring (bicyclic) bond motifs is 1. The van der Waals surface area contributed by atoms with Gasteiger partial charge >= 0.3 is 0 Å². The van der Waals surface area contributed by atoms with Crippen LogP contribution in [0.2, 0.25) is 0 Å². The van der Waals surface area contributed by atoms with Crippen LogP contribution >= 0.6 is 11.6 Å². The van der Waals surface area contributed by atoms with E-state index in [1.807, 2.05) is 18.2 Å². The topological polar surface area (TPSA) is 38.3 Å². The van der Waals surface area contributed by atoms with Crippen molar-refractivity contribution >= 4 is 23.2 Å². The van der Waals surface area contributed by atoms with Gasteiger partial charge in [0.15, 0.2) is 6.61 Å². The van der Waals surface area contributed by atoms with E-state index >= 15 is 0 Å². The molecule has 0 aliphatic carbocycles. The third-order valence-electron chi connectivity index (χ3n) is 4.04. The van der Waals surface area contributed by atoms with Gasteiger partial charge in [-0.25, -0.2) is 0 Å². The molecule has 1 aliphatic heterocycles. The monoisotopic (exact) mass is 295 g/mol. The Kier molecular flexibility index (Phi) is 4.28. The van der Waals surface area contributed by atoms with E-state index in [0.717, 1.165) is 12.0 Å². The number of carbonyl (C=O) groups is 1. The molecule has 0 aromatic heterocycles. The number of anilines is 1. The van der Waals surface area contributed by atoms with Crippen molar-refractivity contribution in [3.63, 3.8) is 0 Å². The van der Waals surface area contributed by atoms with Gasteiger partial charge in [0, 0.05) is 0 Å². The zero-order valence-electron chi connectivity index (χ0n) is 12.5. The molecular formula is C16H22ClNO2. The molecule has 2 rings (SSSR count). The summed E-state index contributed by atoms with van der Waals surface area (Å²) in [5, 5.41) is 2.75. The zero-order valence-corrected chi connectivity index (χ0v) is 13.3. The Balaban J connectivity index is 2.13. The Morgan fingerprint density at radius 1 is 1.40 bits per heavy atom. The van der Waals surface area contributed by atoms with E-state index in [1.54, 1.807) is 0 Å². The average molecular weight is 296 g/mol. The Morgan fingerprint density at radius 3 is 2.75 bits per heavy atom. The fourth-order valence-corrected chi connectivity index (χ4v) is 2.50. The van der Waals surface area contributed by atoms with Gasteiger partial charge < -0.3 is 10.1 Å². The Bertz CT molecular complexity index is 508. The zero-order chi connectivity index (χ0) is 14.9. The van der Waals surface area contributed by atoms with Crippen LogP contribution in [0.3, 0.4) is 0 Å². The number of benzene rings is 1. The minimum Gasteiger partial charge on any atom is -0.482 e. The van der Waals surface area contributed by atoms with Crippen molar-refractivity contribution in [3.8, 4) is 5.75 Å². The minimum atomic E-state index is -0.121. The smallest absolute Gasteiger partial charge is 0.262 e. The first-order valence-corrected chi connectivity index (χ1v) is 7.41. The number of halogens is 1. The molecule has 1 aromatic carbocycles. The van der Waals surface area contributed by atoms with E-state index < -0.39 is 0 Å². The van der Waals surface area contributed by atoms with E-state index in [4.69, 9.17) is 16.3 Å². The molecule has 1 aromatic rings. The number of ether oxygens (including phenoxy) is 1. The molecule has 1 aliphatic rings. The summed E-state index contributed by atoms with van der Waals surface area (Å²) < 4.78 is 5.35. The van der Waals surface area contributed by atoms with Crippen LogP contribution in [0, 0.1) is 11.3 Å². The van der Waals surface area contributed by atoms with E-state index in [1.165, 1.54) is 0 Å². The second-order valence-corrected chi connectivity index (χ2v) is 7.09. The second kappa shape index (κ2) is 5.65. The van der Waals surface area contributed by atoms with Crippen LogP contribution in [-0.4, -0.2) is 12.5 Å². The normalized spacial score (nSPS) is 17.8. The SMILES string of the molecule is CC(CC(Cl)c1ccc2c(c1)NC(=O)CO2)C(C)(C)C. The first kappa shape index (κ1) is 15.2. The van der Waals surface area contributed by atoms with Crippen molar-refractivity contribution in [2.75, 3.05) is 11.9 Å². The Labute approximate surface area is 125 Å². The molecule has 1 amide bonds. The summed E-state index contributed by atoms with van der Waals surface area (Å²) in [7, 11) is 0. The van der Waals surface area contributed by atoms with Gasteiger partial charge in [0.1, 0.15) is 5.75 Å². The maximum absolute atomic E-state index is 11.3. The van der Waals surface area contributed by atoms with Gasteiger partial charge in [-0.15, -0.1) is 11.6 Å². The fraction of sp³-hybridized carbons (Fsp3) is 0.562. The molecule has 0 spiro atoms. The molecule has 1 N–H and O–H groups in total. The van der Waals surface area contributed by atoms with E-state index in [2.05, 4.69) is 33.0 Å². The molecule has 0 saturated carbocycles. The van der Waals surface area contributed by atoms with E-state index in [0.29, 0.717) is 17.4 Å². The summed E-state index contributed by atoms with van der Waals surface area (Å²) in [6, 6.07) is 5.77. The molecule has 0 fully saturated rings. The maximum atomic E-state index is 11.3. The predicted molar refractivity (Wildman–Crippen MR) is 82.4 cm³/mol. The Morgan fingerprint density at radius 2 is 2.10 bits per heavy atom. The second-order valence-electron chi connectivity index (χ2n) is 6.56. The average Bonchev–Trinajstić information content (AvgIpc) is 2.36. The molecule has 3 nitrogen and oxygen atoms in total. The number of amides is 1. The molecule has 4 heteroatoms. The van der Waals surface area contributed by atoms with Crippen molar-refractivity contribution in [3.05, 3.63) is 23.8 Å². The van der Waals surface area contributed by atoms with Crippen LogP contribution in [0.5, 0.6) is 5.75 Å². The number of alkyl halides is 1. The summed E-state index contributed by atoms with van der Waals surface area (Å²) >= 11 is 6.53. The molecule has 0 radical (unpaired) electrons. The van der Waals surface area contributed by atoms with Crippen molar-refractivity contribution in [2.45, 2.75) is 39.5 Å². The number of rotatable bonds is 3. The molecule has 2 unspecified atom stereocenters. The maximum Gasteiger partial charge on any atom is 0.262 e. The van der Waals surface area contributed by atoms with Gasteiger partial charge in [-0.2, -0.15) is 0 Å². The van der Waals surface area contributed by atoms with Gasteiger partial charge in [-0.3, -0.25) is 4.79 Å². The van der Waals surface area contributed by atoms with Gasteiger partial charge in [0.2, 0.25) is 0 Å². The Hall–Kier alpha value is -1.22. The van der Waals surface area contributed by atoms with Gasteiger partial charge in [-0.05, 0) is 35.4 Å². The number of nitrogens with one attached hydrogen (secondary N) is 1. The number of carbonyl (C=O) groups excluding carboxylic acids is 1. The van der Waals surface area contributed by atoms with E-state index in [9.17, 15) is 4.79 Å². The molecule has 0 saturated heterocycles. The lowest BCUT2D eigenvalue weighted by molar-refractivity contribution is -0.118. The van der Waals surface area contributed by atoms with Gasteiger partial charge in [0.05, 0.1) is 11.1 Å². The highest BCUT2D eigenvalue weighted by atomic mass is 35.5. The van der Waals surface area contributed by atoms with Crippen LogP contribution in [0.25, 0.3) is 0 Å². The highest BCUT2D eigenvalue weighted by Crippen LogP contribution is 2.38. The summed E-state index contributed by atoms with van der Waals surface area (Å²) in [4.78, 5) is 11.3. The lowest BCUT2D eigenvalue weighted by Gasteiger charge is -2.29. The third kappa shape index (κ3) is 3.45. The number of hydrogen-bond donors (Lipinski definition) is 1. The number of hydrogen-bond acceptors (Lipinski definition) is 2.